The maximum Gasteiger partial charge on any atom is 0.357 e. The summed E-state index contributed by atoms with van der Waals surface area (Å²) in [6.45, 7) is -3.02. The Labute approximate surface area is 144 Å². The highest BCUT2D eigenvalue weighted by Gasteiger charge is 2.19. The first kappa shape index (κ1) is 8.91. The van der Waals surface area contributed by atoms with Crippen LogP contribution in [0.15, 0.2) is 24.4 Å². The van der Waals surface area contributed by atoms with Crippen molar-refractivity contribution in [1.29, 1.82) is 0 Å². The Kier molecular flexibility index (Phi) is 2.29. The topological polar surface area (TPSA) is 64.2 Å². The maximum atomic E-state index is 12.2. The van der Waals surface area contributed by atoms with Crippen molar-refractivity contribution in [1.82, 2.24) is 9.97 Å². The number of aryl methyl sites for hydroxylation is 1. The second kappa shape index (κ2) is 5.91. The van der Waals surface area contributed by atoms with Gasteiger partial charge in [-0.3, -0.25) is 0 Å². The van der Waals surface area contributed by atoms with Crippen molar-refractivity contribution in [3.8, 4) is 5.75 Å². The molecule has 0 aliphatic rings. The molecule has 0 amide bonds. The minimum atomic E-state index is -3.25. The lowest BCUT2D eigenvalue weighted by atomic mass is 10.1. The molecule has 0 spiro atoms. The number of nitrogens with one attached hydrogen (secondary N) is 1. The van der Waals surface area contributed by atoms with Crippen molar-refractivity contribution in [2.24, 2.45) is 0 Å². The maximum absolute atomic E-state index is 12.2. The number of aromatic nitrogens is 2. The number of fused-ring (bicyclic) bond motifs is 3. The minimum absolute atomic E-state index is 0.0730. The SMILES string of the molecule is [2H]C([2H])([2H])C([2H])(Oc1cccc2[nH]c3cnc(C(=O)OCC)c(C)c3c12)C([2H])([2H])[2H]. The fourth-order valence-electron chi connectivity index (χ4n) is 2.67. The lowest BCUT2D eigenvalue weighted by molar-refractivity contribution is 0.0519. The monoisotopic (exact) mass is 319 g/mol. The van der Waals surface area contributed by atoms with Gasteiger partial charge in [0.05, 0.1) is 31.3 Å². The Morgan fingerprint density at radius 3 is 2.96 bits per heavy atom. The largest absolute Gasteiger partial charge is 0.490 e. The van der Waals surface area contributed by atoms with Crippen LogP contribution in [0.2, 0.25) is 0 Å². The molecule has 5 heteroatoms. The number of hydrogen-bond donors (Lipinski definition) is 1. The summed E-state index contributed by atoms with van der Waals surface area (Å²) in [5, 5.41) is 0.847. The number of H-pyrrole nitrogens is 1. The van der Waals surface area contributed by atoms with E-state index in [1.807, 2.05) is 0 Å². The van der Waals surface area contributed by atoms with Gasteiger partial charge in [-0.25, -0.2) is 9.78 Å². The first-order valence-electron chi connectivity index (χ1n) is 10.6. The molecule has 3 aromatic rings. The zero-order valence-electron chi connectivity index (χ0n) is 19.7. The van der Waals surface area contributed by atoms with E-state index >= 15 is 0 Å². The first-order chi connectivity index (χ1) is 13.8. The van der Waals surface area contributed by atoms with Gasteiger partial charge in [0, 0.05) is 19.0 Å². The van der Waals surface area contributed by atoms with Gasteiger partial charge in [0.15, 0.2) is 5.69 Å². The van der Waals surface area contributed by atoms with Gasteiger partial charge < -0.3 is 14.5 Å². The van der Waals surface area contributed by atoms with Crippen LogP contribution in [0.5, 0.6) is 5.75 Å². The number of aromatic amines is 1. The van der Waals surface area contributed by atoms with E-state index in [0.29, 0.717) is 27.4 Å². The highest BCUT2D eigenvalue weighted by molar-refractivity contribution is 6.13. The number of rotatable bonds is 4. The van der Waals surface area contributed by atoms with Gasteiger partial charge >= 0.3 is 5.97 Å². The summed E-state index contributed by atoms with van der Waals surface area (Å²) in [7, 11) is 0. The van der Waals surface area contributed by atoms with Crippen LogP contribution >= 0.6 is 0 Å². The summed E-state index contributed by atoms with van der Waals surface area (Å²) in [6.07, 6.45) is -1.76. The minimum Gasteiger partial charge on any atom is -0.490 e. The van der Waals surface area contributed by atoms with E-state index in [2.05, 4.69) is 9.97 Å². The van der Waals surface area contributed by atoms with Crippen LogP contribution in [-0.2, 0) is 4.74 Å². The standard InChI is InChI=1S/C18H20N2O3/c1-5-22-18(21)17-11(4)15-13(9-19-17)20-12-7-6-8-14(16(12)15)23-10(2)3/h6-10,20H,5H2,1-4H3/i2D3,3D3,10D. The highest BCUT2D eigenvalue weighted by atomic mass is 16.5. The lowest BCUT2D eigenvalue weighted by Crippen LogP contribution is -2.09. The van der Waals surface area contributed by atoms with Gasteiger partial charge in [0.2, 0.25) is 0 Å². The third-order valence-electron chi connectivity index (χ3n) is 3.55. The Morgan fingerprint density at radius 2 is 2.22 bits per heavy atom. The second-order valence-electron chi connectivity index (χ2n) is 4.98. The smallest absolute Gasteiger partial charge is 0.357 e. The van der Waals surface area contributed by atoms with E-state index in [1.54, 1.807) is 26.0 Å². The van der Waals surface area contributed by atoms with E-state index < -0.39 is 25.8 Å². The molecule has 0 fully saturated rings. The summed E-state index contributed by atoms with van der Waals surface area (Å²) in [4.78, 5) is 19.5. The molecule has 120 valence electrons. The second-order valence-corrected chi connectivity index (χ2v) is 4.98. The summed E-state index contributed by atoms with van der Waals surface area (Å²) < 4.78 is 64.1. The predicted octanol–water partition coefficient (Wildman–Crippen LogP) is 3.99. The fraction of sp³-hybridized carbons (Fsp3) is 0.333. The predicted molar refractivity (Wildman–Crippen MR) is 90.1 cm³/mol. The van der Waals surface area contributed by atoms with E-state index in [-0.39, 0.29) is 18.1 Å². The van der Waals surface area contributed by atoms with Gasteiger partial charge in [-0.1, -0.05) is 6.07 Å². The number of nitrogens with zero attached hydrogens (tertiary/aromatic N) is 1. The summed E-state index contributed by atoms with van der Waals surface area (Å²) in [6, 6.07) is 4.61. The molecule has 0 aliphatic carbocycles. The molecule has 1 aromatic carbocycles. The third kappa shape index (κ3) is 2.63. The molecule has 1 N–H and O–H groups in total. The zero-order chi connectivity index (χ0) is 22.5. The number of esters is 1. The van der Waals surface area contributed by atoms with Crippen LogP contribution in [0.3, 0.4) is 0 Å². The molecule has 0 unspecified atom stereocenters. The highest BCUT2D eigenvalue weighted by Crippen LogP contribution is 2.36. The number of ether oxygens (including phenoxy) is 2. The van der Waals surface area contributed by atoms with Crippen LogP contribution in [0.4, 0.5) is 0 Å². The molecule has 0 bridgehead atoms. The van der Waals surface area contributed by atoms with Crippen molar-refractivity contribution < 1.29 is 23.9 Å². The molecule has 23 heavy (non-hydrogen) atoms. The number of pyridine rings is 1. The quantitative estimate of drug-likeness (QED) is 0.739. The van der Waals surface area contributed by atoms with Crippen LogP contribution in [0.25, 0.3) is 21.8 Å². The molecule has 0 saturated heterocycles. The van der Waals surface area contributed by atoms with E-state index in [0.717, 1.165) is 0 Å². The zero-order valence-corrected chi connectivity index (χ0v) is 12.7. The third-order valence-corrected chi connectivity index (χ3v) is 3.55. The van der Waals surface area contributed by atoms with Crippen molar-refractivity contribution in [3.05, 3.63) is 35.7 Å². The van der Waals surface area contributed by atoms with Gasteiger partial charge in [0.1, 0.15) is 5.75 Å². The number of carbonyl (C=O) groups is 1. The van der Waals surface area contributed by atoms with E-state index in [4.69, 9.17) is 19.1 Å². The Hall–Kier alpha value is -2.56. The molecule has 5 nitrogen and oxygen atoms in total. The Balaban J connectivity index is 2.29. The van der Waals surface area contributed by atoms with Gasteiger partial charge in [-0.15, -0.1) is 0 Å². The van der Waals surface area contributed by atoms with E-state index in [1.165, 1.54) is 12.3 Å². The average Bonchev–Trinajstić information content (AvgIpc) is 3.00. The molecule has 0 atom stereocenters. The molecule has 0 saturated carbocycles. The fourth-order valence-corrected chi connectivity index (χ4v) is 2.67. The van der Waals surface area contributed by atoms with Crippen molar-refractivity contribution in [2.75, 3.05) is 6.61 Å². The van der Waals surface area contributed by atoms with Gasteiger partial charge in [-0.2, -0.15) is 0 Å². The summed E-state index contributed by atoms with van der Waals surface area (Å²) in [5.41, 5.74) is 1.56. The molecule has 2 heterocycles. The number of benzene rings is 1. The Morgan fingerprint density at radius 1 is 1.39 bits per heavy atom. The first-order valence-corrected chi connectivity index (χ1v) is 7.08. The molecule has 2 aromatic heterocycles. The molecule has 3 rings (SSSR count). The molecule has 0 aliphatic heterocycles. The number of carbonyl (C=O) groups excluding carboxylic acids is 1. The van der Waals surface area contributed by atoms with Crippen LogP contribution in [0.1, 0.15) is 46.3 Å². The number of hydrogen-bond acceptors (Lipinski definition) is 4. The lowest BCUT2D eigenvalue weighted by Gasteiger charge is -2.12. The van der Waals surface area contributed by atoms with Crippen molar-refractivity contribution in [2.45, 2.75) is 33.6 Å². The molecular formula is C18H20N2O3. The van der Waals surface area contributed by atoms with Crippen molar-refractivity contribution in [3.63, 3.8) is 0 Å². The molecular weight excluding hydrogens is 292 g/mol. The van der Waals surface area contributed by atoms with E-state index in [9.17, 15) is 4.79 Å². The van der Waals surface area contributed by atoms with Crippen LogP contribution in [-0.4, -0.2) is 28.6 Å². The Bertz CT molecular complexity index is 1100. The summed E-state index contributed by atoms with van der Waals surface area (Å²) >= 11 is 0. The molecule has 0 radical (unpaired) electrons. The summed E-state index contributed by atoms with van der Waals surface area (Å²) in [5.74, 6) is -0.727. The van der Waals surface area contributed by atoms with Gasteiger partial charge in [0.25, 0.3) is 0 Å². The van der Waals surface area contributed by atoms with Gasteiger partial charge in [-0.05, 0) is 45.2 Å². The average molecular weight is 319 g/mol. The van der Waals surface area contributed by atoms with Crippen LogP contribution < -0.4 is 4.74 Å². The van der Waals surface area contributed by atoms with Crippen LogP contribution in [0, 0.1) is 6.92 Å². The van der Waals surface area contributed by atoms with Crippen molar-refractivity contribution >= 4 is 27.8 Å². The normalized spacial score (nSPS) is 17.4.